The molecule has 0 N–H and O–H groups in total. The summed E-state index contributed by atoms with van der Waals surface area (Å²) in [6, 6.07) is 79.4. The van der Waals surface area contributed by atoms with E-state index in [9.17, 15) is 0 Å². The van der Waals surface area contributed by atoms with E-state index in [1.165, 1.54) is 38.1 Å². The Morgan fingerprint density at radius 2 is 0.694 bits per heavy atom. The number of aromatic nitrogens is 5. The van der Waals surface area contributed by atoms with E-state index in [-0.39, 0.29) is 0 Å². The molecule has 0 unspecified atom stereocenters. The van der Waals surface area contributed by atoms with Gasteiger partial charge in [-0.3, -0.25) is 0 Å². The van der Waals surface area contributed by atoms with E-state index in [0.29, 0.717) is 17.5 Å². The van der Waals surface area contributed by atoms with E-state index in [1.54, 1.807) is 0 Å². The van der Waals surface area contributed by atoms with Crippen LogP contribution in [0.5, 0.6) is 0 Å². The van der Waals surface area contributed by atoms with Crippen LogP contribution in [0.3, 0.4) is 0 Å². The van der Waals surface area contributed by atoms with Gasteiger partial charge in [0.1, 0.15) is 0 Å². The number of fused-ring (bicyclic) bond motifs is 6. The smallest absolute Gasteiger partial charge is 0.164 e. The van der Waals surface area contributed by atoms with Crippen LogP contribution >= 0.6 is 0 Å². The van der Waals surface area contributed by atoms with E-state index in [0.717, 1.165) is 55.8 Å². The SMILES string of the molecule is c1ccc(-c2nc(-c3ccccc3)nc(-c3cccc(-c4cccc5c6ccccc6n(-c6ccccc6-c6cccc7c8ccccc8n(-c8ccccc8)c67)c45)c3)n2)cc1. The molecule has 9 aromatic carbocycles. The van der Waals surface area contributed by atoms with Crippen LogP contribution in [0.4, 0.5) is 0 Å². The average Bonchev–Trinajstić information content (AvgIpc) is 3.88. The van der Waals surface area contributed by atoms with Gasteiger partial charge in [-0.1, -0.05) is 188 Å². The maximum absolute atomic E-state index is 5.08. The minimum absolute atomic E-state index is 0.625. The van der Waals surface area contributed by atoms with Gasteiger partial charge in [0.2, 0.25) is 0 Å². The van der Waals surface area contributed by atoms with Crippen molar-refractivity contribution in [2.45, 2.75) is 0 Å². The van der Waals surface area contributed by atoms with Crippen LogP contribution in [-0.4, -0.2) is 24.1 Å². The third kappa shape index (κ3) is 5.82. The Kier molecular flexibility index (Phi) is 8.42. The first-order valence-electron chi connectivity index (χ1n) is 21.0. The van der Waals surface area contributed by atoms with Crippen LogP contribution in [0.1, 0.15) is 0 Å². The lowest BCUT2D eigenvalue weighted by molar-refractivity contribution is 1.07. The first-order valence-corrected chi connectivity index (χ1v) is 21.0. The van der Waals surface area contributed by atoms with Crippen molar-refractivity contribution >= 4 is 43.6 Å². The number of hydrogen-bond acceptors (Lipinski definition) is 3. The topological polar surface area (TPSA) is 48.5 Å². The van der Waals surface area contributed by atoms with Gasteiger partial charge in [-0.25, -0.2) is 15.0 Å². The van der Waals surface area contributed by atoms with Gasteiger partial charge >= 0.3 is 0 Å². The Hall–Kier alpha value is -8.41. The molecule has 0 amide bonds. The fraction of sp³-hybridized carbons (Fsp3) is 0. The number of para-hydroxylation sites is 6. The third-order valence-electron chi connectivity index (χ3n) is 12.0. The highest BCUT2D eigenvalue weighted by Crippen LogP contribution is 2.44. The largest absolute Gasteiger partial charge is 0.309 e. The molecule has 0 aliphatic carbocycles. The number of nitrogens with zero attached hydrogens (tertiary/aromatic N) is 5. The molecule has 0 aliphatic heterocycles. The summed E-state index contributed by atoms with van der Waals surface area (Å²) in [6.45, 7) is 0. The second kappa shape index (κ2) is 14.7. The van der Waals surface area contributed by atoms with E-state index >= 15 is 0 Å². The van der Waals surface area contributed by atoms with Crippen molar-refractivity contribution in [2.24, 2.45) is 0 Å². The molecule has 12 aromatic rings. The predicted molar refractivity (Wildman–Crippen MR) is 256 cm³/mol. The van der Waals surface area contributed by atoms with Crippen molar-refractivity contribution in [3.05, 3.63) is 224 Å². The Balaban J connectivity index is 1.09. The highest BCUT2D eigenvalue weighted by molar-refractivity contribution is 6.16. The van der Waals surface area contributed by atoms with Gasteiger partial charge in [-0.05, 0) is 42.0 Å². The molecule has 0 radical (unpaired) electrons. The maximum Gasteiger partial charge on any atom is 0.164 e. The lowest BCUT2D eigenvalue weighted by atomic mass is 9.98. The van der Waals surface area contributed by atoms with E-state index in [4.69, 9.17) is 15.0 Å². The first-order chi connectivity index (χ1) is 30.8. The fourth-order valence-electron chi connectivity index (χ4n) is 9.24. The molecule has 5 nitrogen and oxygen atoms in total. The van der Waals surface area contributed by atoms with Crippen molar-refractivity contribution in [1.82, 2.24) is 24.1 Å². The van der Waals surface area contributed by atoms with Gasteiger partial charge in [0.15, 0.2) is 17.5 Å². The van der Waals surface area contributed by atoms with E-state index in [1.807, 2.05) is 60.7 Å². The molecule has 0 bridgehead atoms. The minimum atomic E-state index is 0.625. The van der Waals surface area contributed by atoms with Crippen LogP contribution in [0.25, 0.3) is 111 Å². The molecule has 0 saturated carbocycles. The molecule has 290 valence electrons. The molecule has 0 aliphatic rings. The quantitative estimate of drug-likeness (QED) is 0.162. The molecular weight excluding hydrogens is 755 g/mol. The number of benzene rings is 9. The van der Waals surface area contributed by atoms with Crippen molar-refractivity contribution in [1.29, 1.82) is 0 Å². The monoisotopic (exact) mass is 791 g/mol. The Labute approximate surface area is 358 Å². The zero-order valence-electron chi connectivity index (χ0n) is 33.6. The zero-order valence-corrected chi connectivity index (χ0v) is 33.6. The van der Waals surface area contributed by atoms with Crippen LogP contribution in [0, 0.1) is 0 Å². The van der Waals surface area contributed by atoms with Crippen LogP contribution in [0.2, 0.25) is 0 Å². The minimum Gasteiger partial charge on any atom is -0.309 e. The maximum atomic E-state index is 5.08. The van der Waals surface area contributed by atoms with E-state index < -0.39 is 0 Å². The Morgan fingerprint density at radius 3 is 1.34 bits per heavy atom. The van der Waals surface area contributed by atoms with Crippen molar-refractivity contribution < 1.29 is 0 Å². The summed E-state index contributed by atoms with van der Waals surface area (Å²) in [7, 11) is 0. The van der Waals surface area contributed by atoms with Crippen LogP contribution in [0.15, 0.2) is 224 Å². The molecule has 3 heterocycles. The average molecular weight is 792 g/mol. The standard InChI is InChI=1S/C57H37N5/c1-4-19-38(20-5-1)55-58-56(39-21-6-2-7-22-39)60-57(59-55)41-24-16-23-40(37-41)43-30-17-31-47-45-28-11-14-35-51(45)62(53(43)47)52-36-15-12-29-46(52)49-33-18-32-48-44-27-10-13-34-50(44)61(54(48)49)42-25-8-3-9-26-42/h1-37H. The highest BCUT2D eigenvalue weighted by Gasteiger charge is 2.22. The summed E-state index contributed by atoms with van der Waals surface area (Å²) in [5.41, 5.74) is 14.2. The molecular formula is C57H37N5. The summed E-state index contributed by atoms with van der Waals surface area (Å²) in [6.07, 6.45) is 0. The summed E-state index contributed by atoms with van der Waals surface area (Å²) in [4.78, 5) is 15.1. The highest BCUT2D eigenvalue weighted by atomic mass is 15.0. The van der Waals surface area contributed by atoms with Gasteiger partial charge in [-0.15, -0.1) is 0 Å². The summed E-state index contributed by atoms with van der Waals surface area (Å²) in [5.74, 6) is 1.90. The van der Waals surface area contributed by atoms with Crippen LogP contribution < -0.4 is 0 Å². The molecule has 5 heteroatoms. The molecule has 0 fully saturated rings. The second-order valence-electron chi connectivity index (χ2n) is 15.6. The second-order valence-corrected chi connectivity index (χ2v) is 15.6. The van der Waals surface area contributed by atoms with Crippen molar-refractivity contribution in [3.8, 4) is 67.8 Å². The van der Waals surface area contributed by atoms with Crippen LogP contribution in [-0.2, 0) is 0 Å². The number of rotatable bonds is 7. The summed E-state index contributed by atoms with van der Waals surface area (Å²) in [5, 5.41) is 4.84. The van der Waals surface area contributed by atoms with E-state index in [2.05, 4.69) is 173 Å². The Bertz CT molecular complexity index is 3570. The Morgan fingerprint density at radius 1 is 0.274 bits per heavy atom. The normalized spacial score (nSPS) is 11.5. The predicted octanol–water partition coefficient (Wildman–Crippen LogP) is 14.4. The van der Waals surface area contributed by atoms with Gasteiger partial charge in [0.05, 0.1) is 27.8 Å². The van der Waals surface area contributed by atoms with Gasteiger partial charge < -0.3 is 9.13 Å². The zero-order chi connectivity index (χ0) is 41.0. The molecule has 12 rings (SSSR count). The van der Waals surface area contributed by atoms with Crippen molar-refractivity contribution in [3.63, 3.8) is 0 Å². The first kappa shape index (κ1) is 35.5. The third-order valence-corrected chi connectivity index (χ3v) is 12.0. The molecule has 3 aromatic heterocycles. The molecule has 62 heavy (non-hydrogen) atoms. The fourth-order valence-corrected chi connectivity index (χ4v) is 9.24. The van der Waals surface area contributed by atoms with Crippen molar-refractivity contribution in [2.75, 3.05) is 0 Å². The summed E-state index contributed by atoms with van der Waals surface area (Å²) >= 11 is 0. The molecule has 0 spiro atoms. The lowest BCUT2D eigenvalue weighted by Gasteiger charge is -2.18. The molecule has 0 atom stereocenters. The van der Waals surface area contributed by atoms with Gasteiger partial charge in [0.25, 0.3) is 0 Å². The van der Waals surface area contributed by atoms with Gasteiger partial charge in [-0.2, -0.15) is 0 Å². The van der Waals surface area contributed by atoms with Gasteiger partial charge in [0, 0.05) is 60.6 Å². The molecule has 0 saturated heterocycles. The number of hydrogen-bond donors (Lipinski definition) is 0. The summed E-state index contributed by atoms with van der Waals surface area (Å²) < 4.78 is 4.90. The lowest BCUT2D eigenvalue weighted by Crippen LogP contribution is -2.01.